The van der Waals surface area contributed by atoms with Crippen LogP contribution < -0.4 is 0 Å². The summed E-state index contributed by atoms with van der Waals surface area (Å²) >= 11 is 1.65. The van der Waals surface area contributed by atoms with Crippen LogP contribution >= 0.6 is 11.8 Å². The highest BCUT2D eigenvalue weighted by Gasteiger charge is 2.06. The Balaban J connectivity index is 1.67. The zero-order valence-electron chi connectivity index (χ0n) is 10.7. The van der Waals surface area contributed by atoms with E-state index in [2.05, 4.69) is 5.16 Å². The number of rotatable bonds is 4. The predicted octanol–water partition coefficient (Wildman–Crippen LogP) is 4.34. The summed E-state index contributed by atoms with van der Waals surface area (Å²) < 4.78 is 5.34. The first kappa shape index (κ1) is 12.8. The van der Waals surface area contributed by atoms with Gasteiger partial charge in [0.2, 0.25) is 0 Å². The van der Waals surface area contributed by atoms with Crippen molar-refractivity contribution in [3.63, 3.8) is 0 Å². The Bertz CT molecular complexity index is 677. The summed E-state index contributed by atoms with van der Waals surface area (Å²) in [6.07, 6.45) is 0. The number of hydrogen-bond acceptors (Lipinski definition) is 4. The van der Waals surface area contributed by atoms with Gasteiger partial charge in [-0.3, -0.25) is 0 Å². The first-order valence-electron chi connectivity index (χ1n) is 6.24. The maximum atomic E-state index is 9.23. The Morgan fingerprint density at radius 1 is 1.00 bits per heavy atom. The van der Waals surface area contributed by atoms with Crippen molar-refractivity contribution in [3.8, 4) is 17.0 Å². The van der Waals surface area contributed by atoms with E-state index in [4.69, 9.17) is 4.52 Å². The molecule has 0 bridgehead atoms. The summed E-state index contributed by atoms with van der Waals surface area (Å²) in [7, 11) is 0. The summed E-state index contributed by atoms with van der Waals surface area (Å²) in [6, 6.07) is 19.0. The lowest BCUT2D eigenvalue weighted by molar-refractivity contribution is 0.397. The van der Waals surface area contributed by atoms with Crippen LogP contribution in [-0.4, -0.2) is 10.3 Å². The van der Waals surface area contributed by atoms with Crippen LogP contribution in [0.3, 0.4) is 0 Å². The second kappa shape index (κ2) is 5.84. The molecule has 0 aliphatic heterocycles. The topological polar surface area (TPSA) is 46.3 Å². The molecule has 0 saturated carbocycles. The van der Waals surface area contributed by atoms with Crippen molar-refractivity contribution in [2.45, 2.75) is 10.6 Å². The predicted molar refractivity (Wildman–Crippen MR) is 79.6 cm³/mol. The number of aromatic hydroxyl groups is 1. The SMILES string of the molecule is Oc1ccc(SCc2cc(-c3ccccc3)no2)cc1. The molecule has 20 heavy (non-hydrogen) atoms. The fourth-order valence-electron chi connectivity index (χ4n) is 1.82. The van der Waals surface area contributed by atoms with Crippen molar-refractivity contribution in [2.75, 3.05) is 0 Å². The Labute approximate surface area is 121 Å². The average molecular weight is 283 g/mol. The Morgan fingerprint density at radius 3 is 2.50 bits per heavy atom. The van der Waals surface area contributed by atoms with Crippen LogP contribution in [0.4, 0.5) is 0 Å². The fourth-order valence-corrected chi connectivity index (χ4v) is 2.60. The third-order valence-corrected chi connectivity index (χ3v) is 3.88. The van der Waals surface area contributed by atoms with Gasteiger partial charge in [0.15, 0.2) is 0 Å². The van der Waals surface area contributed by atoms with Crippen LogP contribution in [0, 0.1) is 0 Å². The number of hydrogen-bond donors (Lipinski definition) is 1. The Kier molecular flexibility index (Phi) is 3.74. The minimum Gasteiger partial charge on any atom is -0.508 e. The molecule has 0 saturated heterocycles. The number of thioether (sulfide) groups is 1. The van der Waals surface area contributed by atoms with Gasteiger partial charge in [-0.15, -0.1) is 11.8 Å². The molecule has 100 valence electrons. The number of aromatic nitrogens is 1. The van der Waals surface area contributed by atoms with E-state index in [-0.39, 0.29) is 5.75 Å². The van der Waals surface area contributed by atoms with Crippen LogP contribution in [0.15, 0.2) is 70.1 Å². The quantitative estimate of drug-likeness (QED) is 0.723. The zero-order valence-corrected chi connectivity index (χ0v) is 11.5. The van der Waals surface area contributed by atoms with E-state index in [1.54, 1.807) is 23.9 Å². The molecule has 0 unspecified atom stereocenters. The summed E-state index contributed by atoms with van der Waals surface area (Å²) in [6.45, 7) is 0. The van der Waals surface area contributed by atoms with Gasteiger partial charge in [-0.2, -0.15) is 0 Å². The molecule has 0 aliphatic rings. The van der Waals surface area contributed by atoms with Crippen molar-refractivity contribution < 1.29 is 9.63 Å². The normalized spacial score (nSPS) is 10.6. The van der Waals surface area contributed by atoms with Gasteiger partial charge in [-0.25, -0.2) is 0 Å². The summed E-state index contributed by atoms with van der Waals surface area (Å²) in [4.78, 5) is 1.08. The van der Waals surface area contributed by atoms with Crippen LogP contribution in [0.1, 0.15) is 5.76 Å². The smallest absolute Gasteiger partial charge is 0.147 e. The highest BCUT2D eigenvalue weighted by molar-refractivity contribution is 7.98. The maximum Gasteiger partial charge on any atom is 0.147 e. The minimum absolute atomic E-state index is 0.278. The average Bonchev–Trinajstić information content (AvgIpc) is 2.97. The van der Waals surface area contributed by atoms with Crippen molar-refractivity contribution in [1.82, 2.24) is 5.16 Å². The van der Waals surface area contributed by atoms with Gasteiger partial charge in [0, 0.05) is 16.5 Å². The minimum atomic E-state index is 0.278. The summed E-state index contributed by atoms with van der Waals surface area (Å²) in [5.74, 6) is 1.83. The van der Waals surface area contributed by atoms with Crippen molar-refractivity contribution in [2.24, 2.45) is 0 Å². The molecule has 3 rings (SSSR count). The first-order chi connectivity index (χ1) is 9.81. The molecule has 2 aromatic carbocycles. The van der Waals surface area contributed by atoms with E-state index in [9.17, 15) is 5.11 Å². The van der Waals surface area contributed by atoms with Gasteiger partial charge >= 0.3 is 0 Å². The van der Waals surface area contributed by atoms with Crippen molar-refractivity contribution >= 4 is 11.8 Å². The number of phenolic OH excluding ortho intramolecular Hbond substituents is 1. The van der Waals surface area contributed by atoms with E-state index < -0.39 is 0 Å². The van der Waals surface area contributed by atoms with Gasteiger partial charge in [0.05, 0.1) is 5.75 Å². The molecule has 1 heterocycles. The lowest BCUT2D eigenvalue weighted by Crippen LogP contribution is -1.76. The number of nitrogens with zero attached hydrogens (tertiary/aromatic N) is 1. The Morgan fingerprint density at radius 2 is 1.75 bits per heavy atom. The first-order valence-corrected chi connectivity index (χ1v) is 7.23. The van der Waals surface area contributed by atoms with Crippen LogP contribution in [-0.2, 0) is 5.75 Å². The van der Waals surface area contributed by atoms with Crippen molar-refractivity contribution in [3.05, 3.63) is 66.4 Å². The van der Waals surface area contributed by atoms with Gasteiger partial charge in [0.25, 0.3) is 0 Å². The summed E-state index contributed by atoms with van der Waals surface area (Å²) in [5.41, 5.74) is 1.91. The van der Waals surface area contributed by atoms with E-state index in [1.165, 1.54) is 0 Å². The third-order valence-electron chi connectivity index (χ3n) is 2.85. The van der Waals surface area contributed by atoms with Crippen LogP contribution in [0.25, 0.3) is 11.3 Å². The largest absolute Gasteiger partial charge is 0.508 e. The van der Waals surface area contributed by atoms with Crippen molar-refractivity contribution in [1.29, 1.82) is 0 Å². The van der Waals surface area contributed by atoms with Gasteiger partial charge < -0.3 is 9.63 Å². The molecule has 4 heteroatoms. The van der Waals surface area contributed by atoms with Gasteiger partial charge in [0.1, 0.15) is 17.2 Å². The van der Waals surface area contributed by atoms with E-state index in [0.29, 0.717) is 5.75 Å². The monoisotopic (exact) mass is 283 g/mol. The van der Waals surface area contributed by atoms with Gasteiger partial charge in [-0.05, 0) is 24.3 Å². The number of phenols is 1. The van der Waals surface area contributed by atoms with Crippen LogP contribution in [0.2, 0.25) is 0 Å². The lowest BCUT2D eigenvalue weighted by Gasteiger charge is -1.98. The summed E-state index contributed by atoms with van der Waals surface area (Å²) in [5, 5.41) is 13.3. The van der Waals surface area contributed by atoms with E-state index in [0.717, 1.165) is 21.9 Å². The number of benzene rings is 2. The molecule has 1 aromatic heterocycles. The lowest BCUT2D eigenvalue weighted by atomic mass is 10.1. The highest BCUT2D eigenvalue weighted by Crippen LogP contribution is 2.26. The third kappa shape index (κ3) is 3.03. The molecule has 0 fully saturated rings. The molecule has 3 nitrogen and oxygen atoms in total. The maximum absolute atomic E-state index is 9.23. The highest BCUT2D eigenvalue weighted by atomic mass is 32.2. The standard InChI is InChI=1S/C16H13NO2S/c18-13-6-8-15(9-7-13)20-11-14-10-16(17-19-14)12-4-2-1-3-5-12/h1-10,18H,11H2. The second-order valence-corrected chi connectivity index (χ2v) is 5.38. The molecular weight excluding hydrogens is 270 g/mol. The molecule has 1 N–H and O–H groups in total. The second-order valence-electron chi connectivity index (χ2n) is 4.33. The molecular formula is C16H13NO2S. The van der Waals surface area contributed by atoms with Crippen LogP contribution in [0.5, 0.6) is 5.75 Å². The molecule has 0 atom stereocenters. The van der Waals surface area contributed by atoms with Gasteiger partial charge in [-0.1, -0.05) is 35.5 Å². The van der Waals surface area contributed by atoms with E-state index >= 15 is 0 Å². The molecule has 0 amide bonds. The molecule has 0 aliphatic carbocycles. The molecule has 0 spiro atoms. The zero-order chi connectivity index (χ0) is 13.8. The fraction of sp³-hybridized carbons (Fsp3) is 0.0625. The Hall–Kier alpha value is -2.20. The molecule has 0 radical (unpaired) electrons. The molecule has 3 aromatic rings. The van der Waals surface area contributed by atoms with E-state index in [1.807, 2.05) is 48.5 Å².